The highest BCUT2D eigenvalue weighted by atomic mass is 79.9. The Morgan fingerprint density at radius 1 is 1.56 bits per heavy atom. The number of hydrogen-bond donors (Lipinski definition) is 2. The molecule has 2 N–H and O–H groups in total. The third kappa shape index (κ3) is 4.58. The molecule has 1 rings (SSSR count). The summed E-state index contributed by atoms with van der Waals surface area (Å²) in [5.74, 6) is -1.18. The smallest absolute Gasteiger partial charge is 0.331 e. The fraction of sp³-hybridized carbons (Fsp3) is 0.308. The lowest BCUT2D eigenvalue weighted by molar-refractivity contribution is -0.132. The van der Waals surface area contributed by atoms with Crippen molar-refractivity contribution in [3.05, 3.63) is 45.7 Å². The van der Waals surface area contributed by atoms with Crippen molar-refractivity contribution in [2.24, 2.45) is 0 Å². The average Bonchev–Trinajstić information content (AvgIpc) is 2.33. The normalized spacial score (nSPS) is 11.6. The molecule has 0 saturated heterocycles. The Morgan fingerprint density at radius 3 is 2.89 bits per heavy atom. The Morgan fingerprint density at radius 2 is 2.28 bits per heavy atom. The van der Waals surface area contributed by atoms with Crippen molar-refractivity contribution < 1.29 is 14.3 Å². The first-order valence-corrected chi connectivity index (χ1v) is 6.40. The Bertz CT molecular complexity index is 460. The minimum atomic E-state index is -0.897. The molecule has 5 heteroatoms. The lowest BCUT2D eigenvalue weighted by Crippen LogP contribution is -2.15. The summed E-state index contributed by atoms with van der Waals surface area (Å²) in [5, 5.41) is 11.9. The zero-order chi connectivity index (χ0) is 13.5. The first-order chi connectivity index (χ1) is 8.54. The fourth-order valence-electron chi connectivity index (χ4n) is 1.46. The van der Waals surface area contributed by atoms with Crippen LogP contribution in [-0.2, 0) is 11.3 Å². The zero-order valence-corrected chi connectivity index (χ0v) is 11.6. The summed E-state index contributed by atoms with van der Waals surface area (Å²) in [4.78, 5) is 10.7. The van der Waals surface area contributed by atoms with Gasteiger partial charge in [0.1, 0.15) is 5.82 Å². The van der Waals surface area contributed by atoms with Crippen molar-refractivity contribution in [1.29, 1.82) is 0 Å². The number of aliphatic carboxylic acids is 1. The highest BCUT2D eigenvalue weighted by molar-refractivity contribution is 9.10. The molecule has 0 fully saturated rings. The van der Waals surface area contributed by atoms with Crippen LogP contribution in [0.1, 0.15) is 18.9 Å². The van der Waals surface area contributed by atoms with Crippen LogP contribution in [-0.4, -0.2) is 17.6 Å². The van der Waals surface area contributed by atoms with E-state index in [1.54, 1.807) is 19.1 Å². The summed E-state index contributed by atoms with van der Waals surface area (Å²) in [7, 11) is 0. The Labute approximate surface area is 114 Å². The summed E-state index contributed by atoms with van der Waals surface area (Å²) >= 11 is 3.33. The van der Waals surface area contributed by atoms with Crippen LogP contribution in [0.5, 0.6) is 0 Å². The first-order valence-electron chi connectivity index (χ1n) is 5.61. The number of carboxylic acids is 1. The molecule has 18 heavy (non-hydrogen) atoms. The van der Waals surface area contributed by atoms with Crippen molar-refractivity contribution in [2.75, 3.05) is 6.54 Å². The van der Waals surface area contributed by atoms with Gasteiger partial charge >= 0.3 is 5.97 Å². The average molecular weight is 316 g/mol. The third-order valence-corrected chi connectivity index (χ3v) is 3.25. The molecule has 0 heterocycles. The van der Waals surface area contributed by atoms with E-state index in [0.29, 0.717) is 25.1 Å². The van der Waals surface area contributed by atoms with E-state index in [1.165, 1.54) is 12.1 Å². The molecule has 0 bridgehead atoms. The number of halogens is 2. The number of rotatable bonds is 6. The molecule has 0 aliphatic carbocycles. The first kappa shape index (κ1) is 14.9. The van der Waals surface area contributed by atoms with Crippen molar-refractivity contribution >= 4 is 21.9 Å². The molecule has 0 unspecified atom stereocenters. The third-order valence-electron chi connectivity index (χ3n) is 2.47. The summed E-state index contributed by atoms with van der Waals surface area (Å²) in [5.41, 5.74) is 1.18. The van der Waals surface area contributed by atoms with Crippen molar-refractivity contribution in [2.45, 2.75) is 19.9 Å². The molecule has 0 aliphatic heterocycles. The van der Waals surface area contributed by atoms with Gasteiger partial charge in [0.25, 0.3) is 0 Å². The second-order valence-electron chi connectivity index (χ2n) is 3.75. The van der Waals surface area contributed by atoms with Gasteiger partial charge in [-0.15, -0.1) is 0 Å². The summed E-state index contributed by atoms with van der Waals surface area (Å²) in [6, 6.07) is 4.47. The predicted octanol–water partition coefficient (Wildman–Crippen LogP) is 3.10. The van der Waals surface area contributed by atoms with Gasteiger partial charge in [-0.05, 0) is 30.2 Å². The van der Waals surface area contributed by atoms with E-state index in [0.717, 1.165) is 10.0 Å². The van der Waals surface area contributed by atoms with Crippen LogP contribution < -0.4 is 5.32 Å². The van der Waals surface area contributed by atoms with E-state index in [4.69, 9.17) is 5.11 Å². The van der Waals surface area contributed by atoms with E-state index in [-0.39, 0.29) is 5.82 Å². The van der Waals surface area contributed by atoms with Gasteiger partial charge in [0.15, 0.2) is 0 Å². The molecule has 98 valence electrons. The second-order valence-corrected chi connectivity index (χ2v) is 4.61. The van der Waals surface area contributed by atoms with Crippen LogP contribution in [0, 0.1) is 5.82 Å². The van der Waals surface area contributed by atoms with Gasteiger partial charge < -0.3 is 10.4 Å². The lowest BCUT2D eigenvalue weighted by atomic mass is 10.2. The number of carboxylic acid groups (broad SMARTS) is 1. The van der Waals surface area contributed by atoms with Crippen molar-refractivity contribution in [3.63, 3.8) is 0 Å². The number of benzene rings is 1. The van der Waals surface area contributed by atoms with Gasteiger partial charge in [0, 0.05) is 23.1 Å². The predicted molar refractivity (Wildman–Crippen MR) is 71.8 cm³/mol. The van der Waals surface area contributed by atoms with Gasteiger partial charge in [-0.2, -0.15) is 0 Å². The molecule has 1 aromatic carbocycles. The van der Waals surface area contributed by atoms with Gasteiger partial charge in [0.2, 0.25) is 0 Å². The molecule has 0 radical (unpaired) electrons. The second kappa shape index (κ2) is 7.28. The zero-order valence-electron chi connectivity index (χ0n) is 10.0. The minimum absolute atomic E-state index is 0.287. The standard InChI is InChI=1S/C13H15BrFNO2/c1-2-9(13(17)18)5-6-16-8-10-7-11(15)3-4-12(10)14/h3-5,7,16H,2,6,8H2,1H3,(H,17,18)/b9-5-. The topological polar surface area (TPSA) is 49.3 Å². The maximum Gasteiger partial charge on any atom is 0.331 e. The molecule has 0 spiro atoms. The van der Waals surface area contributed by atoms with Gasteiger partial charge in [-0.3, -0.25) is 0 Å². The molecule has 0 aliphatic rings. The number of hydrogen-bond acceptors (Lipinski definition) is 2. The van der Waals surface area contributed by atoms with Crippen LogP contribution in [0.25, 0.3) is 0 Å². The Hall–Kier alpha value is -1.20. The largest absolute Gasteiger partial charge is 0.478 e. The van der Waals surface area contributed by atoms with E-state index in [1.807, 2.05) is 0 Å². The molecule has 1 aromatic rings. The molecular weight excluding hydrogens is 301 g/mol. The van der Waals surface area contributed by atoms with E-state index < -0.39 is 5.97 Å². The van der Waals surface area contributed by atoms with E-state index in [9.17, 15) is 9.18 Å². The monoisotopic (exact) mass is 315 g/mol. The van der Waals surface area contributed by atoms with E-state index >= 15 is 0 Å². The van der Waals surface area contributed by atoms with Crippen LogP contribution in [0.15, 0.2) is 34.3 Å². The van der Waals surface area contributed by atoms with E-state index in [2.05, 4.69) is 21.2 Å². The Balaban J connectivity index is 2.51. The van der Waals surface area contributed by atoms with Crippen LogP contribution in [0.3, 0.4) is 0 Å². The van der Waals surface area contributed by atoms with Crippen LogP contribution >= 0.6 is 15.9 Å². The maximum absolute atomic E-state index is 13.0. The van der Waals surface area contributed by atoms with Crippen molar-refractivity contribution in [3.8, 4) is 0 Å². The molecule has 0 amide bonds. The summed E-state index contributed by atoms with van der Waals surface area (Å²) < 4.78 is 13.8. The van der Waals surface area contributed by atoms with Gasteiger partial charge in [-0.1, -0.05) is 28.9 Å². The number of carbonyl (C=O) groups is 1. The van der Waals surface area contributed by atoms with Crippen molar-refractivity contribution in [1.82, 2.24) is 5.32 Å². The SMILES string of the molecule is CC/C(=C/CNCc1cc(F)ccc1Br)C(=O)O. The van der Waals surface area contributed by atoms with Crippen LogP contribution in [0.2, 0.25) is 0 Å². The minimum Gasteiger partial charge on any atom is -0.478 e. The highest BCUT2D eigenvalue weighted by Gasteiger charge is 2.03. The molecule has 0 atom stereocenters. The quantitative estimate of drug-likeness (QED) is 0.626. The molecule has 3 nitrogen and oxygen atoms in total. The lowest BCUT2D eigenvalue weighted by Gasteiger charge is -2.05. The molecule has 0 aromatic heterocycles. The Kier molecular flexibility index (Phi) is 6.01. The van der Waals surface area contributed by atoms with Gasteiger partial charge in [-0.25, -0.2) is 9.18 Å². The highest BCUT2D eigenvalue weighted by Crippen LogP contribution is 2.17. The van der Waals surface area contributed by atoms with Crippen LogP contribution in [0.4, 0.5) is 4.39 Å². The maximum atomic E-state index is 13.0. The number of nitrogens with one attached hydrogen (secondary N) is 1. The summed E-state index contributed by atoms with van der Waals surface area (Å²) in [6.07, 6.45) is 2.12. The van der Waals surface area contributed by atoms with Gasteiger partial charge in [0.05, 0.1) is 0 Å². The summed E-state index contributed by atoms with van der Waals surface area (Å²) in [6.45, 7) is 2.72. The fourth-order valence-corrected chi connectivity index (χ4v) is 1.85. The molecule has 0 saturated carbocycles. The molecular formula is C13H15BrFNO2.